The summed E-state index contributed by atoms with van der Waals surface area (Å²) in [5.74, 6) is 4.03. The fraction of sp³-hybridized carbons (Fsp3) is 0.720. The Labute approximate surface area is 193 Å². The third-order valence-electron chi connectivity index (χ3n) is 8.10. The lowest BCUT2D eigenvalue weighted by atomic mass is 9.48. The first-order valence-electron chi connectivity index (χ1n) is 11.8. The molecule has 4 saturated carbocycles. The molecule has 1 aliphatic heterocycles. The van der Waals surface area contributed by atoms with Gasteiger partial charge in [-0.25, -0.2) is 0 Å². The maximum Gasteiger partial charge on any atom is 0.223 e. The Morgan fingerprint density at radius 2 is 1.68 bits per heavy atom. The number of para-hydroxylation sites is 1. The Balaban J connectivity index is 1.19. The predicted molar refractivity (Wildman–Crippen MR) is 123 cm³/mol. The van der Waals surface area contributed by atoms with Gasteiger partial charge in [-0.2, -0.15) is 0 Å². The van der Waals surface area contributed by atoms with Crippen molar-refractivity contribution in [2.45, 2.75) is 68.2 Å². The molecule has 6 heteroatoms. The first-order valence-corrected chi connectivity index (χ1v) is 12.5. The van der Waals surface area contributed by atoms with Gasteiger partial charge in [-0.15, -0.1) is 0 Å². The molecule has 0 aromatic heterocycles. The Bertz CT molecular complexity index is 799. The van der Waals surface area contributed by atoms with Crippen molar-refractivity contribution in [1.29, 1.82) is 0 Å². The van der Waals surface area contributed by atoms with E-state index >= 15 is 0 Å². The zero-order chi connectivity index (χ0) is 21.6. The van der Waals surface area contributed by atoms with Gasteiger partial charge in [-0.1, -0.05) is 22.0 Å². The van der Waals surface area contributed by atoms with Crippen LogP contribution in [0, 0.1) is 17.3 Å². The second-order valence-corrected chi connectivity index (χ2v) is 12.2. The Kier molecular flexibility index (Phi) is 5.64. The van der Waals surface area contributed by atoms with Gasteiger partial charge in [0, 0.05) is 36.7 Å². The third kappa shape index (κ3) is 4.17. The molecule has 4 aliphatic carbocycles. The summed E-state index contributed by atoms with van der Waals surface area (Å²) in [5.41, 5.74) is 0.239. The summed E-state index contributed by atoms with van der Waals surface area (Å²) in [6.07, 6.45) is 10.2. The number of halogens is 1. The molecule has 5 nitrogen and oxygen atoms in total. The van der Waals surface area contributed by atoms with Gasteiger partial charge in [-0.05, 0) is 67.9 Å². The number of rotatable bonds is 6. The van der Waals surface area contributed by atoms with Gasteiger partial charge < -0.3 is 19.1 Å². The number of carbonyl (C=O) groups excluding carboxylic acids is 1. The second-order valence-electron chi connectivity index (χ2n) is 10.5. The molecule has 1 aromatic rings. The molecule has 2 atom stereocenters. The highest BCUT2D eigenvalue weighted by atomic mass is 79.9. The topological polar surface area (TPSA) is 48.0 Å². The smallest absolute Gasteiger partial charge is 0.223 e. The number of carbonyl (C=O) groups is 1. The first-order chi connectivity index (χ1) is 14.9. The monoisotopic (exact) mass is 491 g/mol. The summed E-state index contributed by atoms with van der Waals surface area (Å²) in [4.78, 5) is 15.4. The van der Waals surface area contributed by atoms with Crippen molar-refractivity contribution in [2.24, 2.45) is 17.3 Å². The van der Waals surface area contributed by atoms with Crippen molar-refractivity contribution in [2.75, 3.05) is 27.3 Å². The van der Waals surface area contributed by atoms with E-state index in [0.29, 0.717) is 27.5 Å². The molecule has 5 aliphatic rings. The van der Waals surface area contributed by atoms with Gasteiger partial charge in [0.25, 0.3) is 0 Å². The van der Waals surface area contributed by atoms with Crippen molar-refractivity contribution in [3.63, 3.8) is 0 Å². The van der Waals surface area contributed by atoms with Gasteiger partial charge in [0.15, 0.2) is 11.5 Å². The van der Waals surface area contributed by atoms with Crippen molar-refractivity contribution in [3.8, 4) is 17.2 Å². The fourth-order valence-corrected chi connectivity index (χ4v) is 8.81. The number of likely N-dealkylation sites (tertiary alicyclic amines) is 1. The van der Waals surface area contributed by atoms with Crippen LogP contribution in [0.3, 0.4) is 0 Å². The van der Waals surface area contributed by atoms with Crippen LogP contribution < -0.4 is 14.2 Å². The Morgan fingerprint density at radius 1 is 1.06 bits per heavy atom. The summed E-state index contributed by atoms with van der Waals surface area (Å²) >= 11 is 4.08. The number of benzene rings is 1. The van der Waals surface area contributed by atoms with E-state index in [0.717, 1.165) is 44.2 Å². The van der Waals surface area contributed by atoms with Crippen LogP contribution in [0.15, 0.2) is 18.2 Å². The first kappa shape index (κ1) is 21.4. The number of hydrogen-bond acceptors (Lipinski definition) is 4. The average molecular weight is 492 g/mol. The molecular formula is C25H34BrNO4. The van der Waals surface area contributed by atoms with Crippen molar-refractivity contribution in [3.05, 3.63) is 18.2 Å². The minimum Gasteiger partial charge on any atom is -0.493 e. The number of nitrogens with zero attached hydrogens (tertiary/aromatic N) is 1. The predicted octanol–water partition coefficient (Wildman–Crippen LogP) is 5.20. The van der Waals surface area contributed by atoms with Crippen LogP contribution in [0.1, 0.15) is 57.8 Å². The van der Waals surface area contributed by atoms with Gasteiger partial charge in [0.1, 0.15) is 6.10 Å². The van der Waals surface area contributed by atoms with Crippen LogP contribution in [0.5, 0.6) is 17.2 Å². The van der Waals surface area contributed by atoms with Crippen LogP contribution >= 0.6 is 15.9 Å². The zero-order valence-electron chi connectivity index (χ0n) is 18.7. The molecule has 4 bridgehead atoms. The minimum atomic E-state index is 0.0691. The van der Waals surface area contributed by atoms with Gasteiger partial charge in [0.2, 0.25) is 11.7 Å². The molecule has 2 unspecified atom stereocenters. The van der Waals surface area contributed by atoms with Crippen molar-refractivity contribution >= 4 is 21.8 Å². The van der Waals surface area contributed by atoms with Crippen molar-refractivity contribution < 1.29 is 19.0 Å². The van der Waals surface area contributed by atoms with Crippen LogP contribution in [0.4, 0.5) is 0 Å². The molecule has 31 heavy (non-hydrogen) atoms. The summed E-state index contributed by atoms with van der Waals surface area (Å²) in [6, 6.07) is 5.67. The van der Waals surface area contributed by atoms with Crippen LogP contribution in [-0.4, -0.2) is 48.5 Å². The number of alkyl halides is 1. The summed E-state index contributed by atoms with van der Waals surface area (Å²) in [6.45, 7) is 1.53. The maximum absolute atomic E-state index is 13.3. The second kappa shape index (κ2) is 8.17. The maximum atomic E-state index is 13.3. The molecule has 1 heterocycles. The average Bonchev–Trinajstić information content (AvgIpc) is 2.72. The van der Waals surface area contributed by atoms with E-state index in [1.54, 1.807) is 14.2 Å². The van der Waals surface area contributed by atoms with Gasteiger partial charge in [-0.3, -0.25) is 4.79 Å². The number of ether oxygens (including phenoxy) is 3. The quantitative estimate of drug-likeness (QED) is 0.513. The van der Waals surface area contributed by atoms with Crippen molar-refractivity contribution in [1.82, 2.24) is 4.90 Å². The van der Waals surface area contributed by atoms with E-state index in [-0.39, 0.29) is 11.5 Å². The van der Waals surface area contributed by atoms with Crippen LogP contribution in [0.2, 0.25) is 0 Å². The zero-order valence-corrected chi connectivity index (χ0v) is 20.3. The molecule has 0 N–H and O–H groups in total. The molecule has 1 amide bonds. The molecule has 1 aromatic carbocycles. The number of piperidine rings is 1. The molecular weight excluding hydrogens is 458 g/mol. The van der Waals surface area contributed by atoms with Gasteiger partial charge >= 0.3 is 0 Å². The normalized spacial score (nSPS) is 34.6. The van der Waals surface area contributed by atoms with E-state index in [2.05, 4.69) is 20.8 Å². The summed E-state index contributed by atoms with van der Waals surface area (Å²) in [5, 5.41) is 0. The van der Waals surface area contributed by atoms with E-state index in [1.807, 2.05) is 18.2 Å². The highest BCUT2D eigenvalue weighted by Crippen LogP contribution is 2.65. The van der Waals surface area contributed by atoms with E-state index < -0.39 is 0 Å². The minimum absolute atomic E-state index is 0.0691. The SMILES string of the molecule is COc1cccc(OC)c1OC1CCN(C(=O)CC23CC4CC(CC(Br)(C4)C2)C3)CC1. The van der Waals surface area contributed by atoms with E-state index in [4.69, 9.17) is 14.2 Å². The number of amides is 1. The third-order valence-corrected chi connectivity index (χ3v) is 9.03. The lowest BCUT2D eigenvalue weighted by molar-refractivity contribution is -0.140. The fourth-order valence-electron chi connectivity index (χ4n) is 7.30. The van der Waals surface area contributed by atoms with E-state index in [1.165, 1.54) is 38.5 Å². The molecule has 6 rings (SSSR count). The molecule has 1 saturated heterocycles. The Hall–Kier alpha value is -1.43. The van der Waals surface area contributed by atoms with Crippen LogP contribution in [-0.2, 0) is 4.79 Å². The molecule has 170 valence electrons. The number of hydrogen-bond donors (Lipinski definition) is 0. The lowest BCUT2D eigenvalue weighted by Gasteiger charge is -2.60. The number of methoxy groups -OCH3 is 2. The van der Waals surface area contributed by atoms with Gasteiger partial charge in [0.05, 0.1) is 14.2 Å². The molecule has 5 fully saturated rings. The Morgan fingerprint density at radius 3 is 2.23 bits per heavy atom. The molecule has 0 radical (unpaired) electrons. The summed E-state index contributed by atoms with van der Waals surface area (Å²) < 4.78 is 17.5. The van der Waals surface area contributed by atoms with E-state index in [9.17, 15) is 4.79 Å². The standard InChI is InChI=1S/C25H34BrNO4/c1-29-20-4-3-5-21(30-2)23(20)31-19-6-8-27(9-7-19)22(28)15-24-11-17-10-18(12-24)14-25(26,13-17)16-24/h3-5,17-19H,6-16H2,1-2H3. The largest absolute Gasteiger partial charge is 0.493 e. The highest BCUT2D eigenvalue weighted by molar-refractivity contribution is 9.10. The van der Waals surface area contributed by atoms with Crippen LogP contribution in [0.25, 0.3) is 0 Å². The highest BCUT2D eigenvalue weighted by Gasteiger charge is 2.57. The lowest BCUT2D eigenvalue weighted by Crippen LogP contribution is -2.54. The summed E-state index contributed by atoms with van der Waals surface area (Å²) in [7, 11) is 3.29. The molecule has 0 spiro atoms.